The molecule has 1 atom stereocenters. The molecule has 4 rings (SSSR count). The van der Waals surface area contributed by atoms with E-state index in [2.05, 4.69) is 10.4 Å². The van der Waals surface area contributed by atoms with E-state index >= 15 is 0 Å². The molecule has 2 aromatic rings. The Morgan fingerprint density at radius 1 is 1.47 bits per heavy atom. The van der Waals surface area contributed by atoms with E-state index in [0.29, 0.717) is 36.5 Å². The Balaban J connectivity index is 1.58. The zero-order valence-electron chi connectivity index (χ0n) is 16.3. The molecule has 2 aliphatic heterocycles. The van der Waals surface area contributed by atoms with Crippen molar-refractivity contribution in [2.75, 3.05) is 25.0 Å². The third-order valence-corrected chi connectivity index (χ3v) is 5.42. The quantitative estimate of drug-likeness (QED) is 0.765. The Bertz CT molecular complexity index is 998. The molecule has 0 radical (unpaired) electrons. The predicted molar refractivity (Wildman–Crippen MR) is 105 cm³/mol. The number of rotatable bonds is 3. The van der Waals surface area contributed by atoms with E-state index in [4.69, 9.17) is 16.4 Å². The van der Waals surface area contributed by atoms with Crippen molar-refractivity contribution < 1.29 is 23.9 Å². The Kier molecular flexibility index (Phi) is 5.63. The van der Waals surface area contributed by atoms with Crippen molar-refractivity contribution in [3.8, 4) is 0 Å². The van der Waals surface area contributed by atoms with Gasteiger partial charge in [0.15, 0.2) is 0 Å². The van der Waals surface area contributed by atoms with Crippen LogP contribution in [0.25, 0.3) is 0 Å². The van der Waals surface area contributed by atoms with Gasteiger partial charge in [-0.3, -0.25) is 14.3 Å². The fourth-order valence-corrected chi connectivity index (χ4v) is 3.81. The summed E-state index contributed by atoms with van der Waals surface area (Å²) in [6.07, 6.45) is -0.101. The number of fused-ring (bicyclic) bond motifs is 3. The first-order valence-corrected chi connectivity index (χ1v) is 9.98. The average molecular weight is 438 g/mol. The molecule has 0 spiro atoms. The number of aliphatic hydroxyl groups is 1. The van der Waals surface area contributed by atoms with Gasteiger partial charge in [0.2, 0.25) is 0 Å². The fourth-order valence-electron chi connectivity index (χ4n) is 3.63. The van der Waals surface area contributed by atoms with Gasteiger partial charge in [0.25, 0.3) is 5.91 Å². The van der Waals surface area contributed by atoms with Crippen molar-refractivity contribution in [1.82, 2.24) is 19.7 Å². The maximum absolute atomic E-state index is 13.3. The van der Waals surface area contributed by atoms with Crippen LogP contribution in [0.1, 0.15) is 28.7 Å². The SMILES string of the molecule is CCN1OC(CO)Cn2nc3c(c2C1=O)CN(C(=O)Nc1ccc(F)c(Cl)c1)CC3. The van der Waals surface area contributed by atoms with Crippen molar-refractivity contribution in [3.63, 3.8) is 0 Å². The normalized spacial score (nSPS) is 18.7. The third-order valence-electron chi connectivity index (χ3n) is 5.13. The first-order valence-electron chi connectivity index (χ1n) is 9.60. The number of aliphatic hydroxyl groups excluding tert-OH is 1. The molecule has 1 aromatic heterocycles. The van der Waals surface area contributed by atoms with Gasteiger partial charge in [-0.2, -0.15) is 5.10 Å². The molecule has 0 saturated carbocycles. The van der Waals surface area contributed by atoms with Crippen LogP contribution in [0.15, 0.2) is 18.2 Å². The Morgan fingerprint density at radius 2 is 2.27 bits per heavy atom. The van der Waals surface area contributed by atoms with Crippen molar-refractivity contribution in [2.45, 2.75) is 32.5 Å². The lowest BCUT2D eigenvalue weighted by atomic mass is 10.0. The number of aromatic nitrogens is 2. The number of carbonyl (C=O) groups excluding carboxylic acids is 2. The van der Waals surface area contributed by atoms with Crippen LogP contribution in [-0.4, -0.2) is 62.6 Å². The van der Waals surface area contributed by atoms with Crippen LogP contribution in [0, 0.1) is 5.82 Å². The van der Waals surface area contributed by atoms with E-state index in [0.717, 1.165) is 5.69 Å². The highest BCUT2D eigenvalue weighted by Gasteiger charge is 2.36. The number of hydroxylamine groups is 2. The number of carbonyl (C=O) groups is 2. The number of nitrogens with one attached hydrogen (secondary N) is 1. The number of hydrogen-bond donors (Lipinski definition) is 2. The van der Waals surface area contributed by atoms with Crippen molar-refractivity contribution >= 4 is 29.2 Å². The number of urea groups is 1. The summed E-state index contributed by atoms with van der Waals surface area (Å²) in [4.78, 5) is 32.8. The van der Waals surface area contributed by atoms with Crippen molar-refractivity contribution in [1.29, 1.82) is 0 Å². The topological polar surface area (TPSA) is 99.9 Å². The highest BCUT2D eigenvalue weighted by Crippen LogP contribution is 2.27. The second kappa shape index (κ2) is 8.21. The highest BCUT2D eigenvalue weighted by atomic mass is 35.5. The van der Waals surface area contributed by atoms with Gasteiger partial charge in [-0.15, -0.1) is 0 Å². The largest absolute Gasteiger partial charge is 0.393 e. The average Bonchev–Trinajstić information content (AvgIpc) is 3.03. The summed E-state index contributed by atoms with van der Waals surface area (Å²) in [6.45, 7) is 2.68. The molecule has 1 unspecified atom stereocenters. The summed E-state index contributed by atoms with van der Waals surface area (Å²) in [6, 6.07) is 3.56. The fraction of sp³-hybridized carbons (Fsp3) is 0.421. The summed E-state index contributed by atoms with van der Waals surface area (Å²) < 4.78 is 14.9. The molecule has 30 heavy (non-hydrogen) atoms. The summed E-state index contributed by atoms with van der Waals surface area (Å²) in [7, 11) is 0. The molecular formula is C19H21ClFN5O4. The Hall–Kier alpha value is -2.69. The monoisotopic (exact) mass is 437 g/mol. The lowest BCUT2D eigenvalue weighted by Crippen LogP contribution is -2.40. The maximum atomic E-state index is 13.3. The predicted octanol–water partition coefficient (Wildman–Crippen LogP) is 2.03. The van der Waals surface area contributed by atoms with Crippen LogP contribution in [-0.2, 0) is 24.3 Å². The van der Waals surface area contributed by atoms with Crippen molar-refractivity contribution in [2.24, 2.45) is 0 Å². The summed E-state index contributed by atoms with van der Waals surface area (Å²) in [5, 5.41) is 17.9. The molecule has 0 saturated heterocycles. The minimum Gasteiger partial charge on any atom is -0.393 e. The van der Waals surface area contributed by atoms with Crippen LogP contribution in [0.5, 0.6) is 0 Å². The van der Waals surface area contributed by atoms with Gasteiger partial charge in [-0.25, -0.2) is 14.2 Å². The minimum absolute atomic E-state index is 0.0839. The van der Waals surface area contributed by atoms with Crippen LogP contribution in [0.3, 0.4) is 0 Å². The molecule has 2 aliphatic rings. The number of anilines is 1. The van der Waals surface area contributed by atoms with Gasteiger partial charge >= 0.3 is 6.03 Å². The van der Waals surface area contributed by atoms with E-state index in [1.54, 1.807) is 16.5 Å². The van der Waals surface area contributed by atoms with Crippen molar-refractivity contribution in [3.05, 3.63) is 46.0 Å². The van der Waals surface area contributed by atoms with Crippen LogP contribution >= 0.6 is 11.6 Å². The molecule has 2 N–H and O–H groups in total. The van der Waals surface area contributed by atoms with E-state index in [9.17, 15) is 19.1 Å². The Labute approximate surface area is 176 Å². The molecule has 9 nitrogen and oxygen atoms in total. The second-order valence-electron chi connectivity index (χ2n) is 7.10. The summed E-state index contributed by atoms with van der Waals surface area (Å²) in [5.74, 6) is -0.919. The van der Waals surface area contributed by atoms with Gasteiger partial charge < -0.3 is 15.3 Å². The number of hydrogen-bond acceptors (Lipinski definition) is 5. The smallest absolute Gasteiger partial charge is 0.322 e. The highest BCUT2D eigenvalue weighted by molar-refractivity contribution is 6.31. The second-order valence-corrected chi connectivity index (χ2v) is 7.50. The van der Waals surface area contributed by atoms with Gasteiger partial charge in [-0.1, -0.05) is 11.6 Å². The summed E-state index contributed by atoms with van der Waals surface area (Å²) >= 11 is 5.77. The Morgan fingerprint density at radius 3 is 2.97 bits per heavy atom. The number of amides is 3. The molecule has 0 fully saturated rings. The molecular weight excluding hydrogens is 417 g/mol. The molecule has 3 amide bonds. The molecule has 0 aliphatic carbocycles. The molecule has 3 heterocycles. The number of halogens is 2. The minimum atomic E-state index is -0.584. The first-order chi connectivity index (χ1) is 14.4. The lowest BCUT2D eigenvalue weighted by Gasteiger charge is -2.27. The van der Waals surface area contributed by atoms with Gasteiger partial charge in [-0.05, 0) is 25.1 Å². The van der Waals surface area contributed by atoms with Gasteiger partial charge in [0.1, 0.15) is 17.6 Å². The molecule has 1 aromatic carbocycles. The van der Waals surface area contributed by atoms with Crippen LogP contribution in [0.4, 0.5) is 14.9 Å². The maximum Gasteiger partial charge on any atom is 0.322 e. The zero-order chi connectivity index (χ0) is 21.4. The summed E-state index contributed by atoms with van der Waals surface area (Å²) in [5.41, 5.74) is 2.16. The number of benzene rings is 1. The lowest BCUT2D eigenvalue weighted by molar-refractivity contribution is -0.171. The first kappa shape index (κ1) is 20.6. The molecule has 0 bridgehead atoms. The van der Waals surface area contributed by atoms with E-state index in [1.165, 1.54) is 23.3 Å². The van der Waals surface area contributed by atoms with Gasteiger partial charge in [0, 0.05) is 30.8 Å². The molecule has 11 heteroatoms. The van der Waals surface area contributed by atoms with Crippen LogP contribution < -0.4 is 5.32 Å². The van der Waals surface area contributed by atoms with E-state index < -0.39 is 11.9 Å². The number of nitrogens with zero attached hydrogens (tertiary/aromatic N) is 4. The third kappa shape index (κ3) is 3.73. The zero-order valence-corrected chi connectivity index (χ0v) is 17.0. The van der Waals surface area contributed by atoms with Gasteiger partial charge in [0.05, 0.1) is 30.4 Å². The standard InChI is InChI=1S/C19H21ClFN5O4/c1-2-26-18(28)17-13-9-24(19(29)22-11-3-4-15(21)14(20)7-11)6-5-16(13)23-25(17)8-12(10-27)30-26/h3-4,7,12,27H,2,5-6,8-10H2,1H3,(H,22,29). The van der Waals surface area contributed by atoms with Crippen LogP contribution in [0.2, 0.25) is 5.02 Å². The molecule has 160 valence electrons. The van der Waals surface area contributed by atoms with E-state index in [-0.39, 0.29) is 36.7 Å². The van der Waals surface area contributed by atoms with E-state index in [1.807, 2.05) is 0 Å².